The number of hydrogen-bond acceptors (Lipinski definition) is 2. The Balaban J connectivity index is 2.23. The van der Waals surface area contributed by atoms with Crippen LogP contribution in [0.2, 0.25) is 0 Å². The van der Waals surface area contributed by atoms with Gasteiger partial charge < -0.3 is 10.1 Å². The normalized spacial score (nSPS) is 22.7. The highest BCUT2D eigenvalue weighted by molar-refractivity contribution is 4.80. The minimum atomic E-state index is 0.486. The highest BCUT2D eigenvalue weighted by Crippen LogP contribution is 2.33. The van der Waals surface area contributed by atoms with Crippen LogP contribution in [0.25, 0.3) is 0 Å². The highest BCUT2D eigenvalue weighted by atomic mass is 16.5. The fourth-order valence-corrected chi connectivity index (χ4v) is 2.53. The van der Waals surface area contributed by atoms with Gasteiger partial charge in [0.1, 0.15) is 0 Å². The predicted octanol–water partition coefficient (Wildman–Crippen LogP) is 3.36. The van der Waals surface area contributed by atoms with E-state index in [1.54, 1.807) is 0 Å². The van der Waals surface area contributed by atoms with Crippen LogP contribution in [-0.2, 0) is 4.74 Å². The van der Waals surface area contributed by atoms with Crippen LogP contribution in [0.1, 0.15) is 59.3 Å². The van der Waals surface area contributed by atoms with E-state index in [4.69, 9.17) is 4.74 Å². The summed E-state index contributed by atoms with van der Waals surface area (Å²) < 4.78 is 5.43. The molecule has 1 saturated carbocycles. The summed E-state index contributed by atoms with van der Waals surface area (Å²) in [5, 5.41) is 3.63. The van der Waals surface area contributed by atoms with Gasteiger partial charge in [0.15, 0.2) is 0 Å². The molecule has 0 saturated heterocycles. The lowest BCUT2D eigenvalue weighted by Crippen LogP contribution is -2.39. The Hall–Kier alpha value is -0.0800. The molecule has 0 aromatic rings. The Labute approximate surface area is 101 Å². The van der Waals surface area contributed by atoms with Gasteiger partial charge in [-0.05, 0) is 32.1 Å². The summed E-state index contributed by atoms with van der Waals surface area (Å²) in [7, 11) is 0. The van der Waals surface area contributed by atoms with E-state index in [0.29, 0.717) is 11.5 Å². The summed E-state index contributed by atoms with van der Waals surface area (Å²) in [5.74, 6) is 0. The van der Waals surface area contributed by atoms with Gasteiger partial charge in [-0.1, -0.05) is 32.6 Å². The van der Waals surface area contributed by atoms with Crippen molar-refractivity contribution in [2.45, 2.75) is 65.3 Å². The van der Waals surface area contributed by atoms with E-state index in [9.17, 15) is 0 Å². The van der Waals surface area contributed by atoms with Gasteiger partial charge in [0.25, 0.3) is 0 Å². The van der Waals surface area contributed by atoms with Gasteiger partial charge in [0.2, 0.25) is 0 Å². The van der Waals surface area contributed by atoms with Gasteiger partial charge in [-0.15, -0.1) is 0 Å². The predicted molar refractivity (Wildman–Crippen MR) is 69.8 cm³/mol. The maximum absolute atomic E-state index is 5.43. The molecule has 0 aliphatic heterocycles. The van der Waals surface area contributed by atoms with Crippen molar-refractivity contribution in [3.8, 4) is 0 Å². The molecule has 2 heteroatoms. The highest BCUT2D eigenvalue weighted by Gasteiger charge is 2.25. The second-order valence-electron chi connectivity index (χ2n) is 5.67. The molecule has 0 spiro atoms. The molecule has 0 heterocycles. The first-order valence-electron chi connectivity index (χ1n) is 6.97. The van der Waals surface area contributed by atoms with Gasteiger partial charge in [-0.3, -0.25) is 0 Å². The largest absolute Gasteiger partial charge is 0.380 e. The molecule has 0 amide bonds. The Bertz CT molecular complexity index is 174. The quantitative estimate of drug-likeness (QED) is 0.703. The van der Waals surface area contributed by atoms with Crippen LogP contribution in [0.3, 0.4) is 0 Å². The molecule has 0 radical (unpaired) electrons. The lowest BCUT2D eigenvalue weighted by Gasteiger charge is -2.30. The number of nitrogens with one attached hydrogen (secondary N) is 1. The van der Waals surface area contributed by atoms with Crippen LogP contribution in [-0.4, -0.2) is 25.8 Å². The molecule has 96 valence electrons. The lowest BCUT2D eigenvalue weighted by atomic mass is 9.82. The summed E-state index contributed by atoms with van der Waals surface area (Å²) in [6, 6.07) is 0.486. The number of hydrogen-bond donors (Lipinski definition) is 1. The molecule has 16 heavy (non-hydrogen) atoms. The maximum atomic E-state index is 5.43. The average molecular weight is 227 g/mol. The molecule has 1 aliphatic carbocycles. The van der Waals surface area contributed by atoms with Crippen molar-refractivity contribution < 1.29 is 4.74 Å². The molecule has 0 aromatic heterocycles. The van der Waals surface area contributed by atoms with Gasteiger partial charge in [0, 0.05) is 19.2 Å². The molecule has 1 fully saturated rings. The molecule has 1 rings (SSSR count). The fourth-order valence-electron chi connectivity index (χ4n) is 2.53. The molecule has 1 N–H and O–H groups in total. The van der Waals surface area contributed by atoms with Gasteiger partial charge >= 0.3 is 0 Å². The van der Waals surface area contributed by atoms with Crippen molar-refractivity contribution in [1.82, 2.24) is 5.32 Å². The van der Waals surface area contributed by atoms with Crippen molar-refractivity contribution in [1.29, 1.82) is 0 Å². The Morgan fingerprint density at radius 3 is 2.38 bits per heavy atom. The zero-order valence-corrected chi connectivity index (χ0v) is 11.3. The van der Waals surface area contributed by atoms with Crippen molar-refractivity contribution >= 4 is 0 Å². The van der Waals surface area contributed by atoms with Crippen LogP contribution in [0.5, 0.6) is 0 Å². The number of rotatable bonds is 6. The van der Waals surface area contributed by atoms with Crippen LogP contribution < -0.4 is 5.32 Å². The summed E-state index contributed by atoms with van der Waals surface area (Å²) in [4.78, 5) is 0. The fraction of sp³-hybridized carbons (Fsp3) is 1.00. The van der Waals surface area contributed by atoms with E-state index in [1.165, 1.54) is 38.5 Å². The Morgan fingerprint density at radius 2 is 1.81 bits per heavy atom. The summed E-state index contributed by atoms with van der Waals surface area (Å²) in [5.41, 5.74) is 0.525. The van der Waals surface area contributed by atoms with Gasteiger partial charge in [-0.2, -0.15) is 0 Å². The SMILES string of the molecule is CCOCC(C)NCC1(C)CCCCCC1. The maximum Gasteiger partial charge on any atom is 0.0616 e. The van der Waals surface area contributed by atoms with Gasteiger partial charge in [0.05, 0.1) is 6.61 Å². The molecular formula is C14H29NO. The smallest absolute Gasteiger partial charge is 0.0616 e. The van der Waals surface area contributed by atoms with E-state index in [0.717, 1.165) is 19.8 Å². The molecular weight excluding hydrogens is 198 g/mol. The third kappa shape index (κ3) is 5.31. The van der Waals surface area contributed by atoms with E-state index < -0.39 is 0 Å². The molecule has 1 unspecified atom stereocenters. The van der Waals surface area contributed by atoms with Crippen LogP contribution in [0, 0.1) is 5.41 Å². The summed E-state index contributed by atoms with van der Waals surface area (Å²) in [6.07, 6.45) is 8.48. The van der Waals surface area contributed by atoms with Crippen molar-refractivity contribution in [3.63, 3.8) is 0 Å². The molecule has 0 bridgehead atoms. The second kappa shape index (κ2) is 7.29. The first-order valence-corrected chi connectivity index (χ1v) is 6.97. The molecule has 0 aromatic carbocycles. The van der Waals surface area contributed by atoms with Gasteiger partial charge in [-0.25, -0.2) is 0 Å². The van der Waals surface area contributed by atoms with Crippen molar-refractivity contribution in [2.75, 3.05) is 19.8 Å². The van der Waals surface area contributed by atoms with Crippen LogP contribution in [0.15, 0.2) is 0 Å². The third-order valence-electron chi connectivity index (χ3n) is 3.76. The van der Waals surface area contributed by atoms with Crippen LogP contribution >= 0.6 is 0 Å². The first-order chi connectivity index (χ1) is 7.66. The minimum Gasteiger partial charge on any atom is -0.380 e. The van der Waals surface area contributed by atoms with E-state index >= 15 is 0 Å². The standard InChI is InChI=1S/C14H29NO/c1-4-16-11-13(2)15-12-14(3)9-7-5-6-8-10-14/h13,15H,4-12H2,1-3H3. The van der Waals surface area contributed by atoms with Crippen LogP contribution in [0.4, 0.5) is 0 Å². The zero-order chi connectivity index (χ0) is 11.9. The Kier molecular flexibility index (Phi) is 6.37. The topological polar surface area (TPSA) is 21.3 Å². The lowest BCUT2D eigenvalue weighted by molar-refractivity contribution is 0.120. The Morgan fingerprint density at radius 1 is 1.19 bits per heavy atom. The van der Waals surface area contributed by atoms with E-state index in [1.807, 2.05) is 0 Å². The molecule has 1 atom stereocenters. The first kappa shape index (κ1) is 14.0. The zero-order valence-electron chi connectivity index (χ0n) is 11.3. The minimum absolute atomic E-state index is 0.486. The van der Waals surface area contributed by atoms with E-state index in [2.05, 4.69) is 26.1 Å². The van der Waals surface area contributed by atoms with E-state index in [-0.39, 0.29) is 0 Å². The molecule has 1 aliphatic rings. The summed E-state index contributed by atoms with van der Waals surface area (Å²) in [6.45, 7) is 9.53. The van der Waals surface area contributed by atoms with Crippen molar-refractivity contribution in [3.05, 3.63) is 0 Å². The average Bonchev–Trinajstić information content (AvgIpc) is 2.49. The summed E-state index contributed by atoms with van der Waals surface area (Å²) >= 11 is 0. The third-order valence-corrected chi connectivity index (χ3v) is 3.76. The molecule has 2 nitrogen and oxygen atoms in total. The van der Waals surface area contributed by atoms with Crippen molar-refractivity contribution in [2.24, 2.45) is 5.41 Å². The second-order valence-corrected chi connectivity index (χ2v) is 5.67. The number of ether oxygens (including phenoxy) is 1. The monoisotopic (exact) mass is 227 g/mol.